The van der Waals surface area contributed by atoms with Crippen LogP contribution in [0.25, 0.3) is 0 Å². The molecule has 0 saturated carbocycles. The summed E-state index contributed by atoms with van der Waals surface area (Å²) in [6.45, 7) is 1.89. The van der Waals surface area contributed by atoms with Crippen LogP contribution in [0.3, 0.4) is 0 Å². The zero-order valence-electron chi connectivity index (χ0n) is 15.4. The largest absolute Gasteiger partial charge is 0.383 e. The maximum absolute atomic E-state index is 12.8. The van der Waals surface area contributed by atoms with Crippen LogP contribution >= 0.6 is 0 Å². The van der Waals surface area contributed by atoms with Gasteiger partial charge in [0, 0.05) is 45.5 Å². The molecule has 0 aliphatic carbocycles. The molecule has 0 unspecified atom stereocenters. The van der Waals surface area contributed by atoms with Gasteiger partial charge in [0.2, 0.25) is 0 Å². The third-order valence-corrected chi connectivity index (χ3v) is 4.22. The Hall–Kier alpha value is -2.33. The number of aryl methyl sites for hydroxylation is 1. The second-order valence-electron chi connectivity index (χ2n) is 6.32. The topological polar surface area (TPSA) is 32.8 Å². The maximum Gasteiger partial charge on any atom is 0.253 e. The molecule has 25 heavy (non-hydrogen) atoms. The van der Waals surface area contributed by atoms with Crippen molar-refractivity contribution in [2.24, 2.45) is 0 Å². The van der Waals surface area contributed by atoms with Gasteiger partial charge in [0.15, 0.2) is 0 Å². The highest BCUT2D eigenvalue weighted by Gasteiger charge is 2.15. The van der Waals surface area contributed by atoms with Gasteiger partial charge >= 0.3 is 0 Å². The number of nitrogens with zero attached hydrogens (tertiary/aromatic N) is 2. The Balaban J connectivity index is 1.98. The lowest BCUT2D eigenvalue weighted by Gasteiger charge is -2.23. The monoisotopic (exact) mass is 340 g/mol. The van der Waals surface area contributed by atoms with Gasteiger partial charge in [0.05, 0.1) is 6.61 Å². The molecule has 0 fully saturated rings. The van der Waals surface area contributed by atoms with E-state index in [1.165, 1.54) is 5.56 Å². The standard InChI is InChI=1S/C21H28N2O2/c1-22(2)20-13-11-19(12-14-20)21(24)23(16-17-25-3)15-7-10-18-8-5-4-6-9-18/h4-6,8-9,11-14H,7,10,15-17H2,1-3H3. The fourth-order valence-electron chi connectivity index (χ4n) is 2.72. The molecule has 1 amide bonds. The van der Waals surface area contributed by atoms with E-state index in [-0.39, 0.29) is 5.91 Å². The van der Waals surface area contributed by atoms with E-state index >= 15 is 0 Å². The Morgan fingerprint density at radius 2 is 1.64 bits per heavy atom. The van der Waals surface area contributed by atoms with Crippen molar-refractivity contribution in [2.45, 2.75) is 12.8 Å². The lowest BCUT2D eigenvalue weighted by atomic mass is 10.1. The first-order valence-electron chi connectivity index (χ1n) is 8.71. The molecule has 134 valence electrons. The van der Waals surface area contributed by atoms with Crippen molar-refractivity contribution in [3.8, 4) is 0 Å². The highest BCUT2D eigenvalue weighted by atomic mass is 16.5. The average molecular weight is 340 g/mol. The molecule has 2 rings (SSSR count). The van der Waals surface area contributed by atoms with Gasteiger partial charge < -0.3 is 14.5 Å². The number of hydrogen-bond acceptors (Lipinski definition) is 3. The first-order valence-corrected chi connectivity index (χ1v) is 8.71. The maximum atomic E-state index is 12.8. The molecule has 0 atom stereocenters. The summed E-state index contributed by atoms with van der Waals surface area (Å²) in [5.41, 5.74) is 3.11. The molecule has 0 bridgehead atoms. The average Bonchev–Trinajstić information content (AvgIpc) is 2.65. The van der Waals surface area contributed by atoms with Crippen LogP contribution in [0.4, 0.5) is 5.69 Å². The second kappa shape index (κ2) is 9.84. The van der Waals surface area contributed by atoms with Crippen molar-refractivity contribution in [1.29, 1.82) is 0 Å². The molecular weight excluding hydrogens is 312 g/mol. The van der Waals surface area contributed by atoms with E-state index in [0.717, 1.165) is 30.6 Å². The number of hydrogen-bond donors (Lipinski definition) is 0. The van der Waals surface area contributed by atoms with Gasteiger partial charge in [-0.3, -0.25) is 4.79 Å². The third-order valence-electron chi connectivity index (χ3n) is 4.22. The number of methoxy groups -OCH3 is 1. The van der Waals surface area contributed by atoms with E-state index in [2.05, 4.69) is 24.3 Å². The predicted molar refractivity (Wildman–Crippen MR) is 103 cm³/mol. The molecule has 4 nitrogen and oxygen atoms in total. The van der Waals surface area contributed by atoms with E-state index < -0.39 is 0 Å². The van der Waals surface area contributed by atoms with Crippen LogP contribution in [0.1, 0.15) is 22.3 Å². The quantitative estimate of drug-likeness (QED) is 0.701. The highest BCUT2D eigenvalue weighted by Crippen LogP contribution is 2.14. The van der Waals surface area contributed by atoms with Crippen molar-refractivity contribution in [1.82, 2.24) is 4.90 Å². The molecule has 2 aromatic rings. The molecule has 0 aromatic heterocycles. The van der Waals surface area contributed by atoms with Gasteiger partial charge in [-0.05, 0) is 42.7 Å². The number of carbonyl (C=O) groups is 1. The van der Waals surface area contributed by atoms with E-state index in [1.807, 2.05) is 54.2 Å². The van der Waals surface area contributed by atoms with Crippen LogP contribution < -0.4 is 4.90 Å². The molecular formula is C21H28N2O2. The van der Waals surface area contributed by atoms with Gasteiger partial charge in [-0.2, -0.15) is 0 Å². The molecule has 0 aliphatic heterocycles. The Bertz CT molecular complexity index is 639. The first-order chi connectivity index (χ1) is 12.1. The van der Waals surface area contributed by atoms with Gasteiger partial charge in [0.25, 0.3) is 5.91 Å². The lowest BCUT2D eigenvalue weighted by molar-refractivity contribution is 0.0693. The normalized spacial score (nSPS) is 10.5. The summed E-state index contributed by atoms with van der Waals surface area (Å²) in [7, 11) is 5.65. The summed E-state index contributed by atoms with van der Waals surface area (Å²) in [6, 6.07) is 18.1. The second-order valence-corrected chi connectivity index (χ2v) is 6.32. The van der Waals surface area contributed by atoms with Crippen LogP contribution in [-0.2, 0) is 11.2 Å². The Kier molecular flexibility index (Phi) is 7.48. The highest BCUT2D eigenvalue weighted by molar-refractivity contribution is 5.94. The Morgan fingerprint density at radius 1 is 0.960 bits per heavy atom. The van der Waals surface area contributed by atoms with Crippen molar-refractivity contribution in [2.75, 3.05) is 45.8 Å². The zero-order chi connectivity index (χ0) is 18.1. The summed E-state index contributed by atoms with van der Waals surface area (Å²) in [5.74, 6) is 0.0652. The van der Waals surface area contributed by atoms with Crippen molar-refractivity contribution in [3.05, 3.63) is 65.7 Å². The van der Waals surface area contributed by atoms with Crippen molar-refractivity contribution >= 4 is 11.6 Å². The molecule has 0 radical (unpaired) electrons. The van der Waals surface area contributed by atoms with Gasteiger partial charge in [-0.25, -0.2) is 0 Å². The van der Waals surface area contributed by atoms with Crippen molar-refractivity contribution in [3.63, 3.8) is 0 Å². The molecule has 2 aromatic carbocycles. The van der Waals surface area contributed by atoms with Crippen LogP contribution in [0.2, 0.25) is 0 Å². The minimum absolute atomic E-state index is 0.0652. The molecule has 0 N–H and O–H groups in total. The molecule has 4 heteroatoms. The lowest BCUT2D eigenvalue weighted by Crippen LogP contribution is -2.35. The van der Waals surface area contributed by atoms with E-state index in [9.17, 15) is 4.79 Å². The van der Waals surface area contributed by atoms with E-state index in [0.29, 0.717) is 13.2 Å². The fraction of sp³-hybridized carbons (Fsp3) is 0.381. The minimum atomic E-state index is 0.0652. The Morgan fingerprint density at radius 3 is 2.24 bits per heavy atom. The summed E-state index contributed by atoms with van der Waals surface area (Å²) >= 11 is 0. The van der Waals surface area contributed by atoms with Gasteiger partial charge in [-0.15, -0.1) is 0 Å². The SMILES string of the molecule is COCCN(CCCc1ccccc1)C(=O)c1ccc(N(C)C)cc1. The fourth-order valence-corrected chi connectivity index (χ4v) is 2.72. The number of carbonyl (C=O) groups excluding carboxylic acids is 1. The van der Waals surface area contributed by atoms with Crippen molar-refractivity contribution < 1.29 is 9.53 Å². The smallest absolute Gasteiger partial charge is 0.253 e. The first kappa shape index (κ1) is 19.0. The number of benzene rings is 2. The zero-order valence-corrected chi connectivity index (χ0v) is 15.4. The van der Waals surface area contributed by atoms with Gasteiger partial charge in [0.1, 0.15) is 0 Å². The minimum Gasteiger partial charge on any atom is -0.383 e. The summed E-state index contributed by atoms with van der Waals surface area (Å²) in [5, 5.41) is 0. The Labute approximate surface area is 151 Å². The number of rotatable bonds is 9. The van der Waals surface area contributed by atoms with E-state index in [4.69, 9.17) is 4.74 Å². The van der Waals surface area contributed by atoms with Crippen LogP contribution in [-0.4, -0.2) is 51.7 Å². The number of amides is 1. The third kappa shape index (κ3) is 5.91. The van der Waals surface area contributed by atoms with Crippen LogP contribution in [0, 0.1) is 0 Å². The molecule has 0 saturated heterocycles. The van der Waals surface area contributed by atoms with E-state index in [1.54, 1.807) is 7.11 Å². The van der Waals surface area contributed by atoms with Crippen LogP contribution in [0.15, 0.2) is 54.6 Å². The molecule has 0 heterocycles. The summed E-state index contributed by atoms with van der Waals surface area (Å²) < 4.78 is 5.17. The summed E-state index contributed by atoms with van der Waals surface area (Å²) in [6.07, 6.45) is 1.91. The summed E-state index contributed by atoms with van der Waals surface area (Å²) in [4.78, 5) is 16.7. The number of ether oxygens (including phenoxy) is 1. The molecule has 0 aliphatic rings. The van der Waals surface area contributed by atoms with Crippen LogP contribution in [0.5, 0.6) is 0 Å². The predicted octanol–water partition coefficient (Wildman–Crippen LogP) is 3.47. The molecule has 0 spiro atoms. The van der Waals surface area contributed by atoms with Gasteiger partial charge in [-0.1, -0.05) is 30.3 Å². The number of anilines is 1.